The summed E-state index contributed by atoms with van der Waals surface area (Å²) in [7, 11) is -3.23. The Morgan fingerprint density at radius 3 is 2.03 bits per heavy atom. The zero-order valence-corrected chi connectivity index (χ0v) is 20.8. The van der Waals surface area contributed by atoms with Crippen LogP contribution >= 0.6 is 11.6 Å². The molecule has 2 N–H and O–H groups in total. The summed E-state index contributed by atoms with van der Waals surface area (Å²) in [4.78, 5) is 5.03. The molecule has 0 spiro atoms. The number of hydrogen-bond acceptors (Lipinski definition) is 5. The number of sulfonamides is 1. The van der Waals surface area contributed by atoms with Gasteiger partial charge in [-0.15, -0.1) is 0 Å². The molecular weight excluding hydrogens is 458 g/mol. The molecule has 1 heterocycles. The van der Waals surface area contributed by atoms with Gasteiger partial charge in [-0.05, 0) is 48.2 Å². The van der Waals surface area contributed by atoms with Crippen LogP contribution in [0.25, 0.3) is 11.1 Å². The lowest BCUT2D eigenvalue weighted by atomic mass is 10.0. The minimum Gasteiger partial charge on any atom is -0.395 e. The fourth-order valence-electron chi connectivity index (χ4n) is 4.13. The molecule has 8 heteroatoms. The van der Waals surface area contributed by atoms with Crippen molar-refractivity contribution in [2.24, 2.45) is 0 Å². The third kappa shape index (κ3) is 9.35. The average molecular weight is 494 g/mol. The van der Waals surface area contributed by atoms with E-state index in [1.54, 1.807) is 0 Å². The maximum atomic E-state index is 11.7. The van der Waals surface area contributed by atoms with Crippen molar-refractivity contribution in [3.8, 4) is 11.1 Å². The molecule has 6 nitrogen and oxygen atoms in total. The van der Waals surface area contributed by atoms with Crippen molar-refractivity contribution in [1.82, 2.24) is 14.5 Å². The van der Waals surface area contributed by atoms with Crippen molar-refractivity contribution >= 4 is 21.6 Å². The highest BCUT2D eigenvalue weighted by Gasteiger charge is 2.16. The summed E-state index contributed by atoms with van der Waals surface area (Å²) in [6.07, 6.45) is 3.75. The highest BCUT2D eigenvalue weighted by molar-refractivity contribution is 7.89. The van der Waals surface area contributed by atoms with Crippen molar-refractivity contribution in [3.63, 3.8) is 0 Å². The Kier molecular flexibility index (Phi) is 10.6. The zero-order chi connectivity index (χ0) is 23.5. The van der Waals surface area contributed by atoms with Crippen LogP contribution in [0.3, 0.4) is 0 Å². The molecule has 1 aliphatic rings. The Hall–Kier alpha value is -1.48. The van der Waals surface area contributed by atoms with Gasteiger partial charge in [0.05, 0.1) is 12.4 Å². The second-order valence-electron chi connectivity index (χ2n) is 8.67. The Balaban J connectivity index is 1.29. The van der Waals surface area contributed by atoms with Gasteiger partial charge in [0.25, 0.3) is 0 Å². The summed E-state index contributed by atoms with van der Waals surface area (Å²) in [5, 5.41) is 9.46. The zero-order valence-electron chi connectivity index (χ0n) is 19.3. The van der Waals surface area contributed by atoms with E-state index in [2.05, 4.69) is 50.9 Å². The Bertz CT molecular complexity index is 928. The van der Waals surface area contributed by atoms with Crippen LogP contribution in [-0.2, 0) is 16.6 Å². The predicted molar refractivity (Wildman–Crippen MR) is 136 cm³/mol. The minimum absolute atomic E-state index is 0.100. The molecule has 0 radical (unpaired) electrons. The second kappa shape index (κ2) is 13.4. The molecule has 182 valence electrons. The van der Waals surface area contributed by atoms with E-state index in [1.807, 2.05) is 12.1 Å². The number of halogens is 1. The Morgan fingerprint density at radius 1 is 0.818 bits per heavy atom. The number of hydrogen-bond donors (Lipinski definition) is 2. The summed E-state index contributed by atoms with van der Waals surface area (Å²) >= 11 is 5.98. The number of rotatable bonds is 13. The SMILES string of the molecule is O=S(=O)(CCCCCCN1CCN(Cc2ccc(-c3ccc(Cl)cc3)cc2)CC1)NCCO. The number of piperazine rings is 1. The van der Waals surface area contributed by atoms with E-state index in [-0.39, 0.29) is 18.9 Å². The first kappa shape index (κ1) is 26.1. The number of nitrogens with zero attached hydrogens (tertiary/aromatic N) is 2. The van der Waals surface area contributed by atoms with Gasteiger partial charge in [-0.3, -0.25) is 4.90 Å². The summed E-state index contributed by atoms with van der Waals surface area (Å²) in [6.45, 7) is 6.32. The summed E-state index contributed by atoms with van der Waals surface area (Å²) in [6, 6.07) is 16.8. The molecule has 0 atom stereocenters. The third-order valence-corrected chi connectivity index (χ3v) is 7.80. The van der Waals surface area contributed by atoms with Crippen LogP contribution in [0.2, 0.25) is 5.02 Å². The Morgan fingerprint density at radius 2 is 1.39 bits per heavy atom. The molecule has 0 aromatic heterocycles. The van der Waals surface area contributed by atoms with Crippen molar-refractivity contribution in [2.75, 3.05) is 51.6 Å². The van der Waals surface area contributed by atoms with Gasteiger partial charge >= 0.3 is 0 Å². The maximum Gasteiger partial charge on any atom is 0.211 e. The fourth-order valence-corrected chi connectivity index (χ4v) is 5.39. The molecule has 1 aliphatic heterocycles. The van der Waals surface area contributed by atoms with Crippen LogP contribution in [-0.4, -0.2) is 75.0 Å². The minimum atomic E-state index is -3.23. The molecule has 0 amide bonds. The van der Waals surface area contributed by atoms with Gasteiger partial charge in [0.2, 0.25) is 10.0 Å². The lowest BCUT2D eigenvalue weighted by Gasteiger charge is -2.34. The van der Waals surface area contributed by atoms with Crippen LogP contribution in [0.5, 0.6) is 0 Å². The first-order chi connectivity index (χ1) is 15.9. The van der Waals surface area contributed by atoms with Crippen LogP contribution in [0, 0.1) is 0 Å². The van der Waals surface area contributed by atoms with Crippen LogP contribution in [0.15, 0.2) is 48.5 Å². The second-order valence-corrected chi connectivity index (χ2v) is 11.0. The smallest absolute Gasteiger partial charge is 0.211 e. The van der Waals surface area contributed by atoms with E-state index in [1.165, 1.54) is 16.7 Å². The number of aliphatic hydroxyl groups excluding tert-OH is 1. The van der Waals surface area contributed by atoms with Crippen LogP contribution in [0.1, 0.15) is 31.2 Å². The van der Waals surface area contributed by atoms with Gasteiger partial charge in [-0.2, -0.15) is 0 Å². The lowest BCUT2D eigenvalue weighted by molar-refractivity contribution is 0.125. The van der Waals surface area contributed by atoms with Gasteiger partial charge in [-0.25, -0.2) is 13.1 Å². The van der Waals surface area contributed by atoms with E-state index in [0.29, 0.717) is 6.42 Å². The third-order valence-electron chi connectivity index (χ3n) is 6.07. The van der Waals surface area contributed by atoms with Gasteiger partial charge in [0, 0.05) is 44.3 Å². The van der Waals surface area contributed by atoms with Gasteiger partial charge in [0.15, 0.2) is 0 Å². The van der Waals surface area contributed by atoms with E-state index in [9.17, 15) is 8.42 Å². The average Bonchev–Trinajstić information content (AvgIpc) is 2.82. The molecule has 0 aliphatic carbocycles. The molecule has 1 fully saturated rings. The lowest BCUT2D eigenvalue weighted by Crippen LogP contribution is -2.46. The highest BCUT2D eigenvalue weighted by atomic mass is 35.5. The van der Waals surface area contributed by atoms with Gasteiger partial charge in [-0.1, -0.05) is 60.8 Å². The molecule has 3 rings (SSSR count). The molecule has 0 unspecified atom stereocenters. The number of benzene rings is 2. The number of unbranched alkanes of at least 4 members (excludes halogenated alkanes) is 3. The quantitative estimate of drug-likeness (QED) is 0.417. The normalized spacial score (nSPS) is 15.7. The van der Waals surface area contributed by atoms with E-state index >= 15 is 0 Å². The molecule has 2 aromatic rings. The van der Waals surface area contributed by atoms with Gasteiger partial charge in [0.1, 0.15) is 0 Å². The van der Waals surface area contributed by atoms with Crippen molar-refractivity contribution in [3.05, 3.63) is 59.1 Å². The molecule has 33 heavy (non-hydrogen) atoms. The van der Waals surface area contributed by atoms with Crippen molar-refractivity contribution in [2.45, 2.75) is 32.2 Å². The van der Waals surface area contributed by atoms with Gasteiger partial charge < -0.3 is 10.0 Å². The fraction of sp³-hybridized carbons (Fsp3) is 0.520. The summed E-state index contributed by atoms with van der Waals surface area (Å²) < 4.78 is 25.8. The van der Waals surface area contributed by atoms with Crippen LogP contribution in [0.4, 0.5) is 0 Å². The molecule has 1 saturated heterocycles. The largest absolute Gasteiger partial charge is 0.395 e. The molecular formula is C25H36ClN3O3S. The summed E-state index contributed by atoms with van der Waals surface area (Å²) in [5.74, 6) is 0.145. The van der Waals surface area contributed by atoms with E-state index < -0.39 is 10.0 Å². The first-order valence-electron chi connectivity index (χ1n) is 11.8. The first-order valence-corrected chi connectivity index (χ1v) is 13.9. The number of nitrogens with one attached hydrogen (secondary N) is 1. The predicted octanol–water partition coefficient (Wildman–Crippen LogP) is 3.60. The maximum absolute atomic E-state index is 11.7. The molecule has 0 bridgehead atoms. The van der Waals surface area contributed by atoms with E-state index in [0.717, 1.165) is 63.6 Å². The Labute approximate surface area is 203 Å². The van der Waals surface area contributed by atoms with Crippen molar-refractivity contribution in [1.29, 1.82) is 0 Å². The molecule has 2 aromatic carbocycles. The van der Waals surface area contributed by atoms with Crippen LogP contribution < -0.4 is 4.72 Å². The summed E-state index contributed by atoms with van der Waals surface area (Å²) in [5.41, 5.74) is 3.73. The van der Waals surface area contributed by atoms with Crippen molar-refractivity contribution < 1.29 is 13.5 Å². The standard InChI is InChI=1S/C25H36ClN3O3S/c26-25-11-9-24(10-12-25)23-7-5-22(6-8-23)21-29-17-15-28(16-18-29)14-3-1-2-4-20-33(31,32)27-13-19-30/h5-12,27,30H,1-4,13-21H2. The number of aliphatic hydroxyl groups is 1. The highest BCUT2D eigenvalue weighted by Crippen LogP contribution is 2.22. The molecule has 0 saturated carbocycles. The monoisotopic (exact) mass is 493 g/mol. The van der Waals surface area contributed by atoms with E-state index in [4.69, 9.17) is 16.7 Å². The topological polar surface area (TPSA) is 72.9 Å².